The number of rotatable bonds is 8. The molecule has 0 atom stereocenters. The van der Waals surface area contributed by atoms with E-state index in [1.54, 1.807) is 0 Å². The van der Waals surface area contributed by atoms with Gasteiger partial charge in [-0.2, -0.15) is 0 Å². The summed E-state index contributed by atoms with van der Waals surface area (Å²) in [6.45, 7) is 2.24. The predicted molar refractivity (Wildman–Crippen MR) is 95.9 cm³/mol. The van der Waals surface area contributed by atoms with Gasteiger partial charge in [0.15, 0.2) is 0 Å². The van der Waals surface area contributed by atoms with Crippen LogP contribution in [0.1, 0.15) is 71.1 Å². The van der Waals surface area contributed by atoms with Crippen LogP contribution in [0.25, 0.3) is 0 Å². The molecule has 0 heterocycles. The molecular weight excluding hydrogens is 327 g/mol. The van der Waals surface area contributed by atoms with Crippen molar-refractivity contribution in [3.8, 4) is 5.75 Å². The summed E-state index contributed by atoms with van der Waals surface area (Å²) < 4.78 is 18.5. The zero-order valence-electron chi connectivity index (χ0n) is 14.5. The molecule has 0 saturated heterocycles. The molecule has 0 spiro atoms. The third-order valence-corrected chi connectivity index (χ3v) is 5.37. The molecule has 24 heavy (non-hydrogen) atoms. The third-order valence-electron chi connectivity index (χ3n) is 5.06. The highest BCUT2D eigenvalue weighted by Crippen LogP contribution is 2.34. The molecule has 1 aromatic carbocycles. The molecule has 1 aliphatic rings. The topological polar surface area (TPSA) is 26.3 Å². The van der Waals surface area contributed by atoms with Crippen molar-refractivity contribution in [1.82, 2.24) is 0 Å². The largest absolute Gasteiger partial charge is 0.426 e. The normalized spacial score (nSPS) is 20.8. The molecule has 0 bridgehead atoms. The van der Waals surface area contributed by atoms with Gasteiger partial charge in [-0.25, -0.2) is 4.39 Å². The minimum Gasteiger partial charge on any atom is -0.426 e. The molecule has 0 amide bonds. The zero-order chi connectivity index (χ0) is 17.4. The molecule has 0 aliphatic heterocycles. The maximum absolute atomic E-state index is 13.3. The zero-order valence-corrected chi connectivity index (χ0v) is 15.3. The Morgan fingerprint density at radius 2 is 1.83 bits per heavy atom. The van der Waals surface area contributed by atoms with Gasteiger partial charge >= 0.3 is 5.97 Å². The van der Waals surface area contributed by atoms with Gasteiger partial charge in [0.05, 0.1) is 5.02 Å². The Morgan fingerprint density at radius 3 is 2.46 bits per heavy atom. The van der Waals surface area contributed by atoms with Crippen molar-refractivity contribution in [3.63, 3.8) is 0 Å². The first-order chi connectivity index (χ1) is 11.6. The van der Waals surface area contributed by atoms with E-state index in [0.717, 1.165) is 18.4 Å². The van der Waals surface area contributed by atoms with E-state index in [9.17, 15) is 9.18 Å². The van der Waals surface area contributed by atoms with E-state index >= 15 is 0 Å². The molecule has 1 fully saturated rings. The molecule has 134 valence electrons. The van der Waals surface area contributed by atoms with Crippen molar-refractivity contribution < 1.29 is 13.9 Å². The highest BCUT2D eigenvalue weighted by atomic mass is 35.5. The van der Waals surface area contributed by atoms with Gasteiger partial charge in [0.1, 0.15) is 11.6 Å². The second-order valence-corrected chi connectivity index (χ2v) is 7.38. The van der Waals surface area contributed by atoms with Gasteiger partial charge < -0.3 is 4.74 Å². The van der Waals surface area contributed by atoms with Gasteiger partial charge in [0.25, 0.3) is 0 Å². The van der Waals surface area contributed by atoms with E-state index in [4.69, 9.17) is 16.3 Å². The molecule has 0 N–H and O–H groups in total. The average molecular weight is 355 g/mol. The van der Waals surface area contributed by atoms with Crippen LogP contribution < -0.4 is 4.74 Å². The van der Waals surface area contributed by atoms with E-state index in [2.05, 4.69) is 6.92 Å². The number of unbranched alkanes of at least 4 members (excludes halogenated alkanes) is 2. The fourth-order valence-electron chi connectivity index (χ4n) is 3.54. The first-order valence-electron chi connectivity index (χ1n) is 9.24. The first-order valence-corrected chi connectivity index (χ1v) is 9.62. The lowest BCUT2D eigenvalue weighted by molar-refractivity contribution is -0.134. The molecule has 2 nitrogen and oxygen atoms in total. The monoisotopic (exact) mass is 354 g/mol. The van der Waals surface area contributed by atoms with Gasteiger partial charge in [0.2, 0.25) is 0 Å². The number of hydrogen-bond acceptors (Lipinski definition) is 2. The minimum atomic E-state index is -0.566. The second kappa shape index (κ2) is 10.0. The summed E-state index contributed by atoms with van der Waals surface area (Å²) >= 11 is 5.62. The number of esters is 1. The van der Waals surface area contributed by atoms with E-state index in [1.165, 1.54) is 63.5 Å². The molecule has 1 aliphatic carbocycles. The Morgan fingerprint density at radius 1 is 1.17 bits per heavy atom. The number of benzene rings is 1. The van der Waals surface area contributed by atoms with Crippen LogP contribution in [-0.4, -0.2) is 5.97 Å². The number of carbonyl (C=O) groups excluding carboxylic acids is 1. The summed E-state index contributed by atoms with van der Waals surface area (Å²) in [5.41, 5.74) is 0. The SMILES string of the molecule is CCCCCC1CCC(CCC(=O)Oc2ccc(Cl)c(F)c2)CC1. The first kappa shape index (κ1) is 19.2. The summed E-state index contributed by atoms with van der Waals surface area (Å²) in [5, 5.41) is 0.0329. The van der Waals surface area contributed by atoms with Gasteiger partial charge in [-0.3, -0.25) is 4.79 Å². The smallest absolute Gasteiger partial charge is 0.311 e. The lowest BCUT2D eigenvalue weighted by atomic mass is 9.78. The van der Waals surface area contributed by atoms with Crippen molar-refractivity contribution in [2.75, 3.05) is 0 Å². The van der Waals surface area contributed by atoms with Gasteiger partial charge in [-0.15, -0.1) is 0 Å². The van der Waals surface area contributed by atoms with Crippen molar-refractivity contribution in [2.45, 2.75) is 71.1 Å². The van der Waals surface area contributed by atoms with Gasteiger partial charge in [-0.05, 0) is 30.4 Å². The van der Waals surface area contributed by atoms with Crippen LogP contribution in [0.3, 0.4) is 0 Å². The molecule has 0 unspecified atom stereocenters. The second-order valence-electron chi connectivity index (χ2n) is 6.97. The molecule has 1 saturated carbocycles. The summed E-state index contributed by atoms with van der Waals surface area (Å²) in [6, 6.07) is 4.08. The molecule has 2 rings (SSSR count). The number of halogens is 2. The third kappa shape index (κ3) is 6.43. The van der Waals surface area contributed by atoms with Gasteiger partial charge in [-0.1, -0.05) is 69.9 Å². The Kier molecular flexibility index (Phi) is 8.04. The Balaban J connectivity index is 1.65. The maximum atomic E-state index is 13.3. The molecule has 4 heteroatoms. The van der Waals surface area contributed by atoms with Crippen molar-refractivity contribution >= 4 is 17.6 Å². The van der Waals surface area contributed by atoms with Crippen LogP contribution >= 0.6 is 11.6 Å². The van der Waals surface area contributed by atoms with E-state index in [0.29, 0.717) is 12.3 Å². The van der Waals surface area contributed by atoms with E-state index in [1.807, 2.05) is 0 Å². The lowest BCUT2D eigenvalue weighted by Gasteiger charge is -2.28. The number of carbonyl (C=O) groups is 1. The Labute approximate surface area is 149 Å². The van der Waals surface area contributed by atoms with Crippen molar-refractivity contribution in [2.24, 2.45) is 11.8 Å². The number of ether oxygens (including phenoxy) is 1. The number of hydrogen-bond donors (Lipinski definition) is 0. The maximum Gasteiger partial charge on any atom is 0.311 e. The Bertz CT molecular complexity index is 524. The fourth-order valence-corrected chi connectivity index (χ4v) is 3.65. The van der Waals surface area contributed by atoms with Crippen LogP contribution in [0.15, 0.2) is 18.2 Å². The lowest BCUT2D eigenvalue weighted by Crippen LogP contribution is -2.17. The molecular formula is C20H28ClFO2. The summed E-state index contributed by atoms with van der Waals surface area (Å²) in [7, 11) is 0. The van der Waals surface area contributed by atoms with E-state index in [-0.39, 0.29) is 16.7 Å². The highest BCUT2D eigenvalue weighted by molar-refractivity contribution is 6.30. The van der Waals surface area contributed by atoms with Crippen LogP contribution in [0.2, 0.25) is 5.02 Å². The quantitative estimate of drug-likeness (QED) is 0.300. The average Bonchev–Trinajstić information content (AvgIpc) is 2.58. The Hall–Kier alpha value is -1.09. The van der Waals surface area contributed by atoms with Crippen molar-refractivity contribution in [3.05, 3.63) is 29.0 Å². The van der Waals surface area contributed by atoms with Crippen molar-refractivity contribution in [1.29, 1.82) is 0 Å². The van der Waals surface area contributed by atoms with Crippen LogP contribution in [-0.2, 0) is 4.79 Å². The van der Waals surface area contributed by atoms with Crippen LogP contribution in [0, 0.1) is 17.7 Å². The van der Waals surface area contributed by atoms with Crippen LogP contribution in [0.4, 0.5) is 4.39 Å². The fraction of sp³-hybridized carbons (Fsp3) is 0.650. The molecule has 1 aromatic rings. The van der Waals surface area contributed by atoms with E-state index < -0.39 is 5.82 Å². The standard InChI is InChI=1S/C20H28ClFO2/c1-2-3-4-5-15-6-8-16(9-7-15)10-13-20(23)24-17-11-12-18(21)19(22)14-17/h11-12,14-16H,2-10,13H2,1H3. The summed E-state index contributed by atoms with van der Waals surface area (Å²) in [4.78, 5) is 11.9. The minimum absolute atomic E-state index is 0.0329. The highest BCUT2D eigenvalue weighted by Gasteiger charge is 2.21. The summed E-state index contributed by atoms with van der Waals surface area (Å²) in [6.07, 6.45) is 11.7. The van der Waals surface area contributed by atoms with Gasteiger partial charge in [0, 0.05) is 12.5 Å². The molecule has 0 aromatic heterocycles. The predicted octanol–water partition coefficient (Wildman–Crippen LogP) is 6.55. The molecule has 0 radical (unpaired) electrons. The van der Waals surface area contributed by atoms with Crippen LogP contribution in [0.5, 0.6) is 5.75 Å². The summed E-state index contributed by atoms with van der Waals surface area (Å²) in [5.74, 6) is 0.880.